The van der Waals surface area contributed by atoms with Gasteiger partial charge in [0.05, 0.1) is 31.3 Å². The number of carbonyl (C=O) groups excluding carboxylic acids is 1. The minimum Gasteiger partial charge on any atom is -0.493 e. The zero-order chi connectivity index (χ0) is 23.0. The van der Waals surface area contributed by atoms with E-state index in [1.54, 1.807) is 7.11 Å². The molecule has 0 saturated carbocycles. The van der Waals surface area contributed by atoms with Crippen LogP contribution in [0.3, 0.4) is 0 Å². The Balaban J connectivity index is 1.39. The number of para-hydroxylation sites is 2. The first kappa shape index (κ1) is 22.9. The van der Waals surface area contributed by atoms with Crippen molar-refractivity contribution >= 4 is 16.9 Å². The van der Waals surface area contributed by atoms with E-state index in [9.17, 15) is 4.79 Å². The van der Waals surface area contributed by atoms with Gasteiger partial charge in [-0.25, -0.2) is 4.98 Å². The normalized spacial score (nSPS) is 15.5. The van der Waals surface area contributed by atoms with Gasteiger partial charge in [0.25, 0.3) is 0 Å². The number of hydrogen-bond donors (Lipinski definition) is 1. The summed E-state index contributed by atoms with van der Waals surface area (Å²) < 4.78 is 19.1. The highest BCUT2D eigenvalue weighted by molar-refractivity contribution is 5.81. The summed E-state index contributed by atoms with van der Waals surface area (Å²) in [5, 5.41) is 2.99. The van der Waals surface area contributed by atoms with E-state index in [0.717, 1.165) is 66.1 Å². The molecular formula is C26H31N3O4. The number of aromatic nitrogens is 2. The smallest absolute Gasteiger partial charge is 0.249 e. The number of methoxy groups -OCH3 is 1. The Morgan fingerprint density at radius 2 is 2.18 bits per heavy atom. The number of allylic oxidation sites excluding steroid dienone is 1. The Morgan fingerprint density at radius 1 is 1.30 bits per heavy atom. The Hall–Kier alpha value is -3.32. The van der Waals surface area contributed by atoms with Crippen molar-refractivity contribution in [1.29, 1.82) is 0 Å². The van der Waals surface area contributed by atoms with Gasteiger partial charge in [0, 0.05) is 13.2 Å². The highest BCUT2D eigenvalue weighted by Gasteiger charge is 2.23. The second kappa shape index (κ2) is 11.0. The molecule has 1 saturated heterocycles. The van der Waals surface area contributed by atoms with Gasteiger partial charge in [-0.3, -0.25) is 4.79 Å². The summed E-state index contributed by atoms with van der Waals surface area (Å²) in [6.45, 7) is 6.06. The molecule has 0 bridgehead atoms. The summed E-state index contributed by atoms with van der Waals surface area (Å²) in [5.41, 5.74) is 3.10. The fourth-order valence-corrected chi connectivity index (χ4v) is 4.10. The zero-order valence-corrected chi connectivity index (χ0v) is 19.1. The van der Waals surface area contributed by atoms with Gasteiger partial charge in [-0.1, -0.05) is 24.3 Å². The van der Waals surface area contributed by atoms with Crippen molar-refractivity contribution in [3.8, 4) is 11.5 Å². The molecular weight excluding hydrogens is 418 g/mol. The van der Waals surface area contributed by atoms with E-state index in [1.807, 2.05) is 42.5 Å². The first-order valence-corrected chi connectivity index (χ1v) is 11.4. The van der Waals surface area contributed by atoms with Crippen molar-refractivity contribution in [3.05, 3.63) is 66.5 Å². The molecule has 1 amide bonds. The largest absolute Gasteiger partial charge is 0.493 e. The third-order valence-corrected chi connectivity index (χ3v) is 5.77. The molecule has 1 fully saturated rings. The van der Waals surface area contributed by atoms with Crippen molar-refractivity contribution < 1.29 is 19.0 Å². The van der Waals surface area contributed by atoms with Crippen molar-refractivity contribution in [3.63, 3.8) is 0 Å². The van der Waals surface area contributed by atoms with E-state index in [-0.39, 0.29) is 12.0 Å². The van der Waals surface area contributed by atoms with Crippen LogP contribution in [0.2, 0.25) is 0 Å². The van der Waals surface area contributed by atoms with E-state index in [1.165, 1.54) is 0 Å². The molecule has 1 N–H and O–H groups in total. The fraction of sp³-hybridized carbons (Fsp3) is 0.385. The molecule has 2 aromatic carbocycles. The molecule has 7 heteroatoms. The third kappa shape index (κ3) is 5.54. The fourth-order valence-electron chi connectivity index (χ4n) is 4.10. The second-order valence-electron chi connectivity index (χ2n) is 8.07. The number of hydrogen-bond acceptors (Lipinski definition) is 5. The summed E-state index contributed by atoms with van der Waals surface area (Å²) >= 11 is 0. The maximum absolute atomic E-state index is 12.4. The molecule has 1 unspecified atom stereocenters. The molecule has 0 aliphatic carbocycles. The maximum Gasteiger partial charge on any atom is 0.249 e. The van der Waals surface area contributed by atoms with Gasteiger partial charge < -0.3 is 24.1 Å². The van der Waals surface area contributed by atoms with Gasteiger partial charge in [0.2, 0.25) is 5.91 Å². The number of rotatable bonds is 11. The number of benzene rings is 2. The number of nitrogens with zero attached hydrogens (tertiary/aromatic N) is 2. The number of ether oxygens (including phenoxy) is 3. The summed E-state index contributed by atoms with van der Waals surface area (Å²) in [4.78, 5) is 17.1. The van der Waals surface area contributed by atoms with Crippen LogP contribution in [-0.2, 0) is 29.0 Å². The van der Waals surface area contributed by atoms with Crippen molar-refractivity contribution in [1.82, 2.24) is 14.9 Å². The topological polar surface area (TPSA) is 74.6 Å². The number of imidazole rings is 1. The van der Waals surface area contributed by atoms with Crippen molar-refractivity contribution in [2.75, 3.05) is 20.3 Å². The summed E-state index contributed by atoms with van der Waals surface area (Å²) in [7, 11) is 1.65. The van der Waals surface area contributed by atoms with Crippen LogP contribution < -0.4 is 14.8 Å². The first-order chi connectivity index (χ1) is 16.2. The summed E-state index contributed by atoms with van der Waals surface area (Å²) in [5.74, 6) is 2.21. The van der Waals surface area contributed by atoms with Gasteiger partial charge in [-0.05, 0) is 55.5 Å². The van der Waals surface area contributed by atoms with Gasteiger partial charge >= 0.3 is 0 Å². The van der Waals surface area contributed by atoms with Crippen LogP contribution in [0.15, 0.2) is 55.1 Å². The predicted octanol–water partition coefficient (Wildman–Crippen LogP) is 4.04. The van der Waals surface area contributed by atoms with Gasteiger partial charge in [0.15, 0.2) is 11.5 Å². The predicted molar refractivity (Wildman–Crippen MR) is 128 cm³/mol. The SMILES string of the molecule is C=CCc1ccc(OCCCn2c(CNC(=O)C3CCCO3)nc3ccccc32)c(OC)c1. The Labute approximate surface area is 194 Å². The standard InChI is InChI=1S/C26H31N3O4/c1-3-8-19-12-13-22(24(17-19)31-2)32-16-7-14-29-21-10-5-4-9-20(21)28-25(29)18-27-26(30)23-11-6-15-33-23/h3-5,9-10,12-13,17,23H,1,6-8,11,14-16,18H2,2H3,(H,27,30). The summed E-state index contributed by atoms with van der Waals surface area (Å²) in [6, 6.07) is 14.0. The number of aryl methyl sites for hydroxylation is 1. The number of carbonyl (C=O) groups is 1. The first-order valence-electron chi connectivity index (χ1n) is 11.4. The van der Waals surface area contributed by atoms with E-state index in [2.05, 4.69) is 22.5 Å². The number of amides is 1. The van der Waals surface area contributed by atoms with Crippen molar-refractivity contribution in [2.24, 2.45) is 0 Å². The molecule has 4 rings (SSSR count). The molecule has 1 aliphatic rings. The van der Waals surface area contributed by atoms with Crippen molar-refractivity contribution in [2.45, 2.75) is 44.9 Å². The van der Waals surface area contributed by atoms with E-state index in [0.29, 0.717) is 19.8 Å². The molecule has 3 aromatic rings. The quantitative estimate of drug-likeness (QED) is 0.353. The highest BCUT2D eigenvalue weighted by atomic mass is 16.5. The third-order valence-electron chi connectivity index (χ3n) is 5.77. The highest BCUT2D eigenvalue weighted by Crippen LogP contribution is 2.28. The van der Waals surface area contributed by atoms with Crippen LogP contribution in [0, 0.1) is 0 Å². The number of nitrogens with one attached hydrogen (secondary N) is 1. The monoisotopic (exact) mass is 449 g/mol. The van der Waals surface area contributed by atoms with E-state index in [4.69, 9.17) is 19.2 Å². The molecule has 1 aromatic heterocycles. The molecule has 33 heavy (non-hydrogen) atoms. The molecule has 0 radical (unpaired) electrons. The van der Waals surface area contributed by atoms with Crippen LogP contribution in [0.4, 0.5) is 0 Å². The van der Waals surface area contributed by atoms with Crippen LogP contribution in [-0.4, -0.2) is 41.9 Å². The van der Waals surface area contributed by atoms with Crippen LogP contribution in [0.1, 0.15) is 30.7 Å². The van der Waals surface area contributed by atoms with E-state index < -0.39 is 0 Å². The molecule has 0 spiro atoms. The average Bonchev–Trinajstić information content (AvgIpc) is 3.49. The molecule has 1 atom stereocenters. The Kier molecular flexibility index (Phi) is 7.62. The molecule has 2 heterocycles. The van der Waals surface area contributed by atoms with Gasteiger partial charge in [-0.15, -0.1) is 6.58 Å². The minimum absolute atomic E-state index is 0.0681. The lowest BCUT2D eigenvalue weighted by Crippen LogP contribution is -2.34. The van der Waals surface area contributed by atoms with Gasteiger partial charge in [0.1, 0.15) is 11.9 Å². The van der Waals surface area contributed by atoms with Crippen LogP contribution in [0.5, 0.6) is 11.5 Å². The lowest BCUT2D eigenvalue weighted by molar-refractivity contribution is -0.130. The van der Waals surface area contributed by atoms with E-state index >= 15 is 0 Å². The maximum atomic E-state index is 12.4. The molecule has 174 valence electrons. The zero-order valence-electron chi connectivity index (χ0n) is 19.1. The molecule has 7 nitrogen and oxygen atoms in total. The van der Waals surface area contributed by atoms with Crippen LogP contribution in [0.25, 0.3) is 11.0 Å². The average molecular weight is 450 g/mol. The Morgan fingerprint density at radius 3 is 2.97 bits per heavy atom. The minimum atomic E-state index is -0.343. The molecule has 1 aliphatic heterocycles. The lowest BCUT2D eigenvalue weighted by atomic mass is 10.1. The second-order valence-corrected chi connectivity index (χ2v) is 8.07. The summed E-state index contributed by atoms with van der Waals surface area (Å²) in [6.07, 6.45) is 4.80. The van der Waals surface area contributed by atoms with Crippen LogP contribution >= 0.6 is 0 Å². The Bertz CT molecular complexity index is 1100. The van der Waals surface area contributed by atoms with Gasteiger partial charge in [-0.2, -0.15) is 0 Å². The lowest BCUT2D eigenvalue weighted by Gasteiger charge is -2.14. The number of fused-ring (bicyclic) bond motifs is 1.